The van der Waals surface area contributed by atoms with Gasteiger partial charge >= 0.3 is 0 Å². The second kappa shape index (κ2) is 4.81. The van der Waals surface area contributed by atoms with Crippen molar-refractivity contribution in [3.63, 3.8) is 0 Å². The summed E-state index contributed by atoms with van der Waals surface area (Å²) in [5, 5.41) is 6.95. The van der Waals surface area contributed by atoms with Crippen molar-refractivity contribution in [2.24, 2.45) is 0 Å². The highest BCUT2D eigenvalue weighted by atomic mass is 35.5. The lowest BCUT2D eigenvalue weighted by molar-refractivity contribution is -0.115. The second-order valence-electron chi connectivity index (χ2n) is 3.23. The SMILES string of the molecule is O=C(Cc1ccon1)Nc1cccc(Cl)c1. The Bertz CT molecular complexity index is 482. The van der Waals surface area contributed by atoms with Gasteiger partial charge in [-0.1, -0.05) is 22.8 Å². The Morgan fingerprint density at radius 3 is 3.00 bits per heavy atom. The van der Waals surface area contributed by atoms with Gasteiger partial charge in [0.2, 0.25) is 5.91 Å². The molecular formula is C11H9ClN2O2. The minimum atomic E-state index is -0.156. The Morgan fingerprint density at radius 2 is 2.31 bits per heavy atom. The van der Waals surface area contributed by atoms with E-state index in [9.17, 15) is 4.79 Å². The van der Waals surface area contributed by atoms with Gasteiger partial charge in [-0.3, -0.25) is 4.79 Å². The average molecular weight is 237 g/mol. The van der Waals surface area contributed by atoms with E-state index in [1.807, 2.05) is 0 Å². The summed E-state index contributed by atoms with van der Waals surface area (Å²) in [6.45, 7) is 0. The first-order valence-corrected chi connectivity index (χ1v) is 5.06. The Kier molecular flexibility index (Phi) is 3.22. The maximum Gasteiger partial charge on any atom is 0.230 e. The number of nitrogens with one attached hydrogen (secondary N) is 1. The molecule has 5 heteroatoms. The third-order valence-corrected chi connectivity index (χ3v) is 2.18. The van der Waals surface area contributed by atoms with Gasteiger partial charge in [0, 0.05) is 16.8 Å². The molecule has 1 amide bonds. The lowest BCUT2D eigenvalue weighted by atomic mass is 10.2. The molecule has 82 valence electrons. The number of carbonyl (C=O) groups excluding carboxylic acids is 1. The van der Waals surface area contributed by atoms with E-state index in [-0.39, 0.29) is 12.3 Å². The zero-order valence-corrected chi connectivity index (χ0v) is 9.07. The quantitative estimate of drug-likeness (QED) is 0.891. The molecule has 0 unspecified atom stereocenters. The molecule has 2 rings (SSSR count). The first-order chi connectivity index (χ1) is 7.74. The monoisotopic (exact) mass is 236 g/mol. The molecule has 0 aliphatic rings. The summed E-state index contributed by atoms with van der Waals surface area (Å²) < 4.78 is 4.63. The Morgan fingerprint density at radius 1 is 1.44 bits per heavy atom. The van der Waals surface area contributed by atoms with E-state index < -0.39 is 0 Å². The van der Waals surface area contributed by atoms with Crippen molar-refractivity contribution >= 4 is 23.2 Å². The van der Waals surface area contributed by atoms with Crippen LogP contribution in [0.4, 0.5) is 5.69 Å². The van der Waals surface area contributed by atoms with Crippen molar-refractivity contribution in [2.45, 2.75) is 6.42 Å². The van der Waals surface area contributed by atoms with Gasteiger partial charge in [-0.15, -0.1) is 0 Å². The molecule has 0 aliphatic carbocycles. The molecule has 0 fully saturated rings. The number of hydrogen-bond donors (Lipinski definition) is 1. The second-order valence-corrected chi connectivity index (χ2v) is 3.66. The number of carbonyl (C=O) groups is 1. The molecule has 4 nitrogen and oxygen atoms in total. The number of halogens is 1. The van der Waals surface area contributed by atoms with E-state index in [4.69, 9.17) is 11.6 Å². The van der Waals surface area contributed by atoms with Gasteiger partial charge in [0.25, 0.3) is 0 Å². The first kappa shape index (κ1) is 10.7. The zero-order valence-electron chi connectivity index (χ0n) is 8.31. The summed E-state index contributed by atoms with van der Waals surface area (Å²) in [5.74, 6) is -0.156. The Labute approximate surface area is 97.2 Å². The molecule has 0 radical (unpaired) electrons. The van der Waals surface area contributed by atoms with Gasteiger partial charge in [-0.05, 0) is 18.2 Å². The maximum absolute atomic E-state index is 11.6. The fourth-order valence-electron chi connectivity index (χ4n) is 1.26. The van der Waals surface area contributed by atoms with E-state index in [1.165, 1.54) is 6.26 Å². The summed E-state index contributed by atoms with van der Waals surface area (Å²) in [4.78, 5) is 11.6. The highest BCUT2D eigenvalue weighted by Crippen LogP contribution is 2.15. The van der Waals surface area contributed by atoms with Crippen molar-refractivity contribution in [2.75, 3.05) is 5.32 Å². The predicted molar refractivity (Wildman–Crippen MR) is 60.3 cm³/mol. The van der Waals surface area contributed by atoms with Gasteiger partial charge in [0.1, 0.15) is 6.26 Å². The summed E-state index contributed by atoms with van der Waals surface area (Å²) >= 11 is 5.79. The van der Waals surface area contributed by atoms with Crippen LogP contribution in [0, 0.1) is 0 Å². The van der Waals surface area contributed by atoms with E-state index in [0.29, 0.717) is 16.4 Å². The summed E-state index contributed by atoms with van der Waals surface area (Å²) in [6, 6.07) is 8.62. The van der Waals surface area contributed by atoms with Crippen LogP contribution in [0.25, 0.3) is 0 Å². The molecule has 0 bridgehead atoms. The van der Waals surface area contributed by atoms with Gasteiger partial charge in [-0.2, -0.15) is 0 Å². The van der Waals surface area contributed by atoms with Crippen LogP contribution in [0.15, 0.2) is 41.1 Å². The molecule has 1 aromatic carbocycles. The molecular weight excluding hydrogens is 228 g/mol. The number of nitrogens with zero attached hydrogens (tertiary/aromatic N) is 1. The number of anilines is 1. The van der Waals surface area contributed by atoms with Gasteiger partial charge in [-0.25, -0.2) is 0 Å². The fraction of sp³-hybridized carbons (Fsp3) is 0.0909. The number of amides is 1. The molecule has 16 heavy (non-hydrogen) atoms. The summed E-state index contributed by atoms with van der Waals surface area (Å²) in [6.07, 6.45) is 1.62. The lowest BCUT2D eigenvalue weighted by Gasteiger charge is -2.03. The summed E-state index contributed by atoms with van der Waals surface area (Å²) in [5.41, 5.74) is 1.26. The minimum Gasteiger partial charge on any atom is -0.364 e. The standard InChI is InChI=1S/C11H9ClN2O2/c12-8-2-1-3-9(6-8)13-11(15)7-10-4-5-16-14-10/h1-6H,7H2,(H,13,15). The number of rotatable bonds is 3. The zero-order chi connectivity index (χ0) is 11.4. The minimum absolute atomic E-state index is 0.156. The highest BCUT2D eigenvalue weighted by molar-refractivity contribution is 6.30. The third-order valence-electron chi connectivity index (χ3n) is 1.94. The number of hydrogen-bond acceptors (Lipinski definition) is 3. The molecule has 1 heterocycles. The largest absolute Gasteiger partial charge is 0.364 e. The lowest BCUT2D eigenvalue weighted by Crippen LogP contribution is -2.14. The molecule has 2 aromatic rings. The maximum atomic E-state index is 11.6. The predicted octanol–water partition coefficient (Wildman–Crippen LogP) is 2.51. The fourth-order valence-corrected chi connectivity index (χ4v) is 1.45. The van der Waals surface area contributed by atoms with Crippen molar-refractivity contribution in [3.8, 4) is 0 Å². The van der Waals surface area contributed by atoms with Crippen molar-refractivity contribution in [1.29, 1.82) is 0 Å². The van der Waals surface area contributed by atoms with Crippen LogP contribution in [0.1, 0.15) is 5.69 Å². The van der Waals surface area contributed by atoms with Crippen LogP contribution in [0.3, 0.4) is 0 Å². The van der Waals surface area contributed by atoms with Crippen LogP contribution in [-0.2, 0) is 11.2 Å². The third kappa shape index (κ3) is 2.84. The highest BCUT2D eigenvalue weighted by Gasteiger charge is 2.06. The molecule has 1 aromatic heterocycles. The van der Waals surface area contributed by atoms with E-state index in [1.54, 1.807) is 30.3 Å². The molecule has 0 saturated carbocycles. The molecule has 0 saturated heterocycles. The Balaban J connectivity index is 1.97. The molecule has 1 N–H and O–H groups in total. The average Bonchev–Trinajstić information content (AvgIpc) is 2.70. The molecule has 0 aliphatic heterocycles. The summed E-state index contributed by atoms with van der Waals surface area (Å²) in [7, 11) is 0. The van der Waals surface area contributed by atoms with Crippen LogP contribution in [-0.4, -0.2) is 11.1 Å². The van der Waals surface area contributed by atoms with Gasteiger partial charge in [0.15, 0.2) is 0 Å². The van der Waals surface area contributed by atoms with Crippen molar-refractivity contribution in [3.05, 3.63) is 47.3 Å². The smallest absolute Gasteiger partial charge is 0.230 e. The van der Waals surface area contributed by atoms with Crippen molar-refractivity contribution in [1.82, 2.24) is 5.16 Å². The van der Waals surface area contributed by atoms with Gasteiger partial charge < -0.3 is 9.84 Å². The van der Waals surface area contributed by atoms with Crippen LogP contribution < -0.4 is 5.32 Å². The molecule has 0 spiro atoms. The number of aromatic nitrogens is 1. The van der Waals surface area contributed by atoms with E-state index in [0.717, 1.165) is 0 Å². The first-order valence-electron chi connectivity index (χ1n) is 4.69. The normalized spacial score (nSPS) is 10.1. The van der Waals surface area contributed by atoms with Crippen LogP contribution in [0.5, 0.6) is 0 Å². The number of benzene rings is 1. The van der Waals surface area contributed by atoms with Crippen molar-refractivity contribution < 1.29 is 9.32 Å². The van der Waals surface area contributed by atoms with Crippen LogP contribution >= 0.6 is 11.6 Å². The van der Waals surface area contributed by atoms with Crippen LogP contribution in [0.2, 0.25) is 5.02 Å². The van der Waals surface area contributed by atoms with Gasteiger partial charge in [0.05, 0.1) is 12.1 Å². The topological polar surface area (TPSA) is 55.1 Å². The Hall–Kier alpha value is -1.81. The van der Waals surface area contributed by atoms with E-state index >= 15 is 0 Å². The molecule has 0 atom stereocenters. The van der Waals surface area contributed by atoms with E-state index in [2.05, 4.69) is 15.0 Å².